The highest BCUT2D eigenvalue weighted by Crippen LogP contribution is 2.32. The van der Waals surface area contributed by atoms with Gasteiger partial charge in [-0.3, -0.25) is 4.79 Å². The molecule has 1 atom stereocenters. The van der Waals surface area contributed by atoms with Gasteiger partial charge in [-0.05, 0) is 25.3 Å². The lowest BCUT2D eigenvalue weighted by atomic mass is 10.0. The van der Waals surface area contributed by atoms with E-state index in [1.54, 1.807) is 6.07 Å². The number of rotatable bonds is 6. The molecule has 23 heavy (non-hydrogen) atoms. The minimum Gasteiger partial charge on any atom is -0.394 e. The van der Waals surface area contributed by atoms with Crippen LogP contribution in [0.5, 0.6) is 0 Å². The maximum absolute atomic E-state index is 12.5. The Morgan fingerprint density at radius 1 is 1.39 bits per heavy atom. The number of nitrogens with zero attached hydrogens (tertiary/aromatic N) is 1. The van der Waals surface area contributed by atoms with Crippen molar-refractivity contribution in [1.29, 1.82) is 0 Å². The Labute approximate surface area is 145 Å². The van der Waals surface area contributed by atoms with Crippen LogP contribution in [0.1, 0.15) is 35.6 Å². The minimum atomic E-state index is -0.243. The van der Waals surface area contributed by atoms with E-state index < -0.39 is 0 Å². The van der Waals surface area contributed by atoms with Gasteiger partial charge in [0.05, 0.1) is 23.4 Å². The average molecular weight is 353 g/mol. The molecule has 6 heteroatoms. The highest BCUT2D eigenvalue weighted by Gasteiger charge is 2.20. The van der Waals surface area contributed by atoms with Gasteiger partial charge in [-0.15, -0.1) is 11.3 Å². The van der Waals surface area contributed by atoms with E-state index in [-0.39, 0.29) is 18.6 Å². The van der Waals surface area contributed by atoms with Crippen LogP contribution in [-0.2, 0) is 0 Å². The first kappa shape index (κ1) is 17.9. The van der Waals surface area contributed by atoms with Crippen molar-refractivity contribution in [2.45, 2.75) is 33.2 Å². The van der Waals surface area contributed by atoms with Crippen LogP contribution in [0, 0.1) is 12.8 Å². The van der Waals surface area contributed by atoms with E-state index in [0.717, 1.165) is 17.0 Å². The summed E-state index contributed by atoms with van der Waals surface area (Å²) in [6, 6.07) is 7.20. The summed E-state index contributed by atoms with van der Waals surface area (Å²) in [5.74, 6) is 0.201. The third kappa shape index (κ3) is 4.53. The molecule has 1 aromatic heterocycles. The third-order valence-corrected chi connectivity index (χ3v) is 4.94. The molecule has 0 saturated carbocycles. The van der Waals surface area contributed by atoms with Gasteiger partial charge in [0.25, 0.3) is 5.91 Å². The van der Waals surface area contributed by atoms with E-state index in [1.807, 2.05) is 25.1 Å². The zero-order valence-electron chi connectivity index (χ0n) is 13.5. The molecule has 4 nitrogen and oxygen atoms in total. The average Bonchev–Trinajstić information content (AvgIpc) is 2.88. The normalized spacial score (nSPS) is 12.4. The molecule has 0 aliphatic carbocycles. The Bertz CT molecular complexity index is 685. The number of amides is 1. The first-order valence-corrected chi connectivity index (χ1v) is 8.75. The van der Waals surface area contributed by atoms with Crippen LogP contribution in [0.2, 0.25) is 5.02 Å². The zero-order chi connectivity index (χ0) is 17.0. The monoisotopic (exact) mass is 352 g/mol. The fourth-order valence-corrected chi connectivity index (χ4v) is 3.65. The highest BCUT2D eigenvalue weighted by molar-refractivity contribution is 7.17. The highest BCUT2D eigenvalue weighted by atomic mass is 35.5. The molecule has 0 radical (unpaired) electrons. The number of aliphatic hydroxyl groups excluding tert-OH is 1. The van der Waals surface area contributed by atoms with Gasteiger partial charge in [0.15, 0.2) is 0 Å². The van der Waals surface area contributed by atoms with Gasteiger partial charge < -0.3 is 10.4 Å². The fourth-order valence-electron chi connectivity index (χ4n) is 2.36. The standard InChI is InChI=1S/C17H21ClN2O2S/c1-10(2)8-12(9-21)20-16(22)15-11(3)19-17(23-15)13-6-4-5-7-14(13)18/h4-7,10,12,21H,8-9H2,1-3H3,(H,20,22)/t12-/m0/s1. The van der Waals surface area contributed by atoms with E-state index in [0.29, 0.717) is 21.5 Å². The molecule has 1 amide bonds. The summed E-state index contributed by atoms with van der Waals surface area (Å²) in [5.41, 5.74) is 1.49. The van der Waals surface area contributed by atoms with Crippen LogP contribution in [0.4, 0.5) is 0 Å². The predicted octanol–water partition coefficient (Wildman–Crippen LogP) is 3.91. The van der Waals surface area contributed by atoms with E-state index in [1.165, 1.54) is 11.3 Å². The summed E-state index contributed by atoms with van der Waals surface area (Å²) in [4.78, 5) is 17.5. The molecular weight excluding hydrogens is 332 g/mol. The minimum absolute atomic E-state index is 0.0703. The topological polar surface area (TPSA) is 62.2 Å². The summed E-state index contributed by atoms with van der Waals surface area (Å²) in [5, 5.41) is 13.6. The van der Waals surface area contributed by atoms with Crippen LogP contribution in [0.25, 0.3) is 10.6 Å². The van der Waals surface area contributed by atoms with Gasteiger partial charge in [-0.1, -0.05) is 43.6 Å². The Hall–Kier alpha value is -1.43. The van der Waals surface area contributed by atoms with E-state index in [4.69, 9.17) is 11.6 Å². The third-order valence-electron chi connectivity index (χ3n) is 3.42. The molecule has 2 rings (SSSR count). The number of carbonyl (C=O) groups excluding carboxylic acids is 1. The Morgan fingerprint density at radius 2 is 2.09 bits per heavy atom. The quantitative estimate of drug-likeness (QED) is 0.828. The molecule has 0 bridgehead atoms. The first-order valence-electron chi connectivity index (χ1n) is 7.56. The molecule has 0 unspecified atom stereocenters. The van der Waals surface area contributed by atoms with Crippen LogP contribution in [0.3, 0.4) is 0 Å². The van der Waals surface area contributed by atoms with Crippen molar-refractivity contribution in [2.24, 2.45) is 5.92 Å². The Balaban J connectivity index is 2.21. The molecule has 2 aromatic rings. The lowest BCUT2D eigenvalue weighted by Gasteiger charge is -2.17. The van der Waals surface area contributed by atoms with Crippen LogP contribution < -0.4 is 5.32 Å². The molecular formula is C17H21ClN2O2S. The van der Waals surface area contributed by atoms with Gasteiger partial charge in [-0.2, -0.15) is 0 Å². The van der Waals surface area contributed by atoms with Gasteiger partial charge >= 0.3 is 0 Å². The summed E-state index contributed by atoms with van der Waals surface area (Å²) in [6.07, 6.45) is 0.734. The van der Waals surface area contributed by atoms with Crippen LogP contribution in [-0.4, -0.2) is 28.6 Å². The Morgan fingerprint density at radius 3 is 2.70 bits per heavy atom. The number of nitrogens with one attached hydrogen (secondary N) is 1. The van der Waals surface area contributed by atoms with Crippen molar-refractivity contribution in [1.82, 2.24) is 10.3 Å². The van der Waals surface area contributed by atoms with Crippen molar-refractivity contribution >= 4 is 28.8 Å². The van der Waals surface area contributed by atoms with Gasteiger partial charge in [0.1, 0.15) is 9.88 Å². The first-order chi connectivity index (χ1) is 10.9. The summed E-state index contributed by atoms with van der Waals surface area (Å²) in [7, 11) is 0. The smallest absolute Gasteiger partial charge is 0.263 e. The van der Waals surface area contributed by atoms with Crippen molar-refractivity contribution in [2.75, 3.05) is 6.61 Å². The van der Waals surface area contributed by atoms with Gasteiger partial charge in [0.2, 0.25) is 0 Å². The number of aliphatic hydroxyl groups is 1. The van der Waals surface area contributed by atoms with E-state index in [2.05, 4.69) is 24.1 Å². The fraction of sp³-hybridized carbons (Fsp3) is 0.412. The maximum Gasteiger partial charge on any atom is 0.263 e. The molecule has 0 aliphatic heterocycles. The Kier molecular flexibility index (Phi) is 6.16. The number of benzene rings is 1. The number of carbonyl (C=O) groups is 1. The molecule has 0 saturated heterocycles. The summed E-state index contributed by atoms with van der Waals surface area (Å²) < 4.78 is 0. The van der Waals surface area contributed by atoms with Crippen molar-refractivity contribution < 1.29 is 9.90 Å². The second kappa shape index (κ2) is 7.90. The lowest BCUT2D eigenvalue weighted by Crippen LogP contribution is -2.38. The molecule has 1 aromatic carbocycles. The van der Waals surface area contributed by atoms with E-state index in [9.17, 15) is 9.90 Å². The number of halogens is 1. The molecule has 0 aliphatic rings. The largest absolute Gasteiger partial charge is 0.394 e. The summed E-state index contributed by atoms with van der Waals surface area (Å²) in [6.45, 7) is 5.85. The van der Waals surface area contributed by atoms with Crippen LogP contribution >= 0.6 is 22.9 Å². The van der Waals surface area contributed by atoms with Crippen molar-refractivity contribution in [3.63, 3.8) is 0 Å². The zero-order valence-corrected chi connectivity index (χ0v) is 15.0. The number of thiazole rings is 1. The molecule has 124 valence electrons. The predicted molar refractivity (Wildman–Crippen MR) is 95.1 cm³/mol. The van der Waals surface area contributed by atoms with Crippen LogP contribution in [0.15, 0.2) is 24.3 Å². The number of aryl methyl sites for hydroxylation is 1. The second-order valence-corrected chi connectivity index (χ2v) is 7.30. The molecule has 2 N–H and O–H groups in total. The van der Waals surface area contributed by atoms with Gasteiger partial charge in [0, 0.05) is 5.56 Å². The molecule has 1 heterocycles. The molecule has 0 fully saturated rings. The van der Waals surface area contributed by atoms with Crippen molar-refractivity contribution in [3.8, 4) is 10.6 Å². The van der Waals surface area contributed by atoms with Crippen molar-refractivity contribution in [3.05, 3.63) is 39.9 Å². The maximum atomic E-state index is 12.5. The van der Waals surface area contributed by atoms with E-state index >= 15 is 0 Å². The second-order valence-electron chi connectivity index (χ2n) is 5.90. The lowest BCUT2D eigenvalue weighted by molar-refractivity contribution is 0.0911. The number of aromatic nitrogens is 1. The SMILES string of the molecule is Cc1nc(-c2ccccc2Cl)sc1C(=O)N[C@H](CO)CC(C)C. The molecule has 0 spiro atoms. The number of hydrogen-bond donors (Lipinski definition) is 2. The summed E-state index contributed by atoms with van der Waals surface area (Å²) >= 11 is 7.51. The number of hydrogen-bond acceptors (Lipinski definition) is 4. The van der Waals surface area contributed by atoms with Gasteiger partial charge in [-0.25, -0.2) is 4.98 Å².